The van der Waals surface area contributed by atoms with Crippen molar-refractivity contribution in [1.82, 2.24) is 4.90 Å². The normalized spacial score (nSPS) is 16.1. The van der Waals surface area contributed by atoms with E-state index in [1.807, 2.05) is 4.90 Å². The summed E-state index contributed by atoms with van der Waals surface area (Å²) in [5.41, 5.74) is 0.505. The van der Waals surface area contributed by atoms with Gasteiger partial charge in [-0.15, -0.1) is 0 Å². The first-order valence-corrected chi connectivity index (χ1v) is 8.83. The fourth-order valence-corrected chi connectivity index (χ4v) is 3.50. The molecule has 1 saturated carbocycles. The molecule has 0 saturated heterocycles. The lowest BCUT2D eigenvalue weighted by atomic mass is 9.93. The van der Waals surface area contributed by atoms with Gasteiger partial charge in [0.1, 0.15) is 0 Å². The van der Waals surface area contributed by atoms with Gasteiger partial charge in [-0.2, -0.15) is 0 Å². The second kappa shape index (κ2) is 7.67. The largest absolute Gasteiger partial charge is 0.335 e. The molecule has 1 amide bonds. The number of halogens is 3. The van der Waals surface area contributed by atoms with Crippen molar-refractivity contribution in [2.45, 2.75) is 38.1 Å². The molecule has 20 heavy (non-hydrogen) atoms. The minimum Gasteiger partial charge on any atom is -0.335 e. The first kappa shape index (κ1) is 16.1. The van der Waals surface area contributed by atoms with Crippen LogP contribution in [0.5, 0.6) is 0 Å². The van der Waals surface area contributed by atoms with Crippen LogP contribution in [0.1, 0.15) is 42.5 Å². The van der Waals surface area contributed by atoms with Crippen molar-refractivity contribution in [3.8, 4) is 0 Å². The molecule has 110 valence electrons. The molecular formula is C15H18BrCl2NO. The van der Waals surface area contributed by atoms with Crippen LogP contribution < -0.4 is 0 Å². The number of hydrogen-bond donors (Lipinski definition) is 0. The Morgan fingerprint density at radius 3 is 2.60 bits per heavy atom. The molecule has 0 aliphatic heterocycles. The third kappa shape index (κ3) is 3.90. The van der Waals surface area contributed by atoms with Crippen molar-refractivity contribution in [2.24, 2.45) is 0 Å². The third-order valence-corrected chi connectivity index (χ3v) is 4.68. The van der Waals surface area contributed by atoms with Gasteiger partial charge in [-0.25, -0.2) is 0 Å². The van der Waals surface area contributed by atoms with E-state index in [9.17, 15) is 4.79 Å². The molecule has 0 heterocycles. The minimum absolute atomic E-state index is 0.0103. The Bertz CT molecular complexity index is 475. The summed E-state index contributed by atoms with van der Waals surface area (Å²) in [4.78, 5) is 14.7. The lowest BCUT2D eigenvalue weighted by molar-refractivity contribution is 0.0651. The summed E-state index contributed by atoms with van der Waals surface area (Å²) < 4.78 is 0. The molecule has 1 aromatic carbocycles. The molecule has 1 fully saturated rings. The third-order valence-electron chi connectivity index (χ3n) is 3.76. The van der Waals surface area contributed by atoms with Crippen molar-refractivity contribution in [3.63, 3.8) is 0 Å². The number of nitrogens with zero attached hydrogens (tertiary/aromatic N) is 1. The fraction of sp³-hybridized carbons (Fsp3) is 0.533. The Morgan fingerprint density at radius 1 is 1.25 bits per heavy atom. The lowest BCUT2D eigenvalue weighted by Crippen LogP contribution is -2.42. The monoisotopic (exact) mass is 377 g/mol. The summed E-state index contributed by atoms with van der Waals surface area (Å²) in [7, 11) is 0. The van der Waals surface area contributed by atoms with Crippen molar-refractivity contribution in [3.05, 3.63) is 33.8 Å². The summed E-state index contributed by atoms with van der Waals surface area (Å²) in [5, 5.41) is 1.78. The zero-order valence-electron chi connectivity index (χ0n) is 11.2. The SMILES string of the molecule is O=C(c1cc(Cl)ccc1Cl)N(CCBr)C1CCCCC1. The number of rotatable bonds is 4. The highest BCUT2D eigenvalue weighted by Crippen LogP contribution is 2.27. The lowest BCUT2D eigenvalue weighted by Gasteiger charge is -2.34. The summed E-state index contributed by atoms with van der Waals surface area (Å²) in [6.07, 6.45) is 5.82. The second-order valence-corrected chi connectivity index (χ2v) is 6.74. The molecule has 0 aromatic heterocycles. The molecule has 5 heteroatoms. The average Bonchev–Trinajstić information content (AvgIpc) is 2.47. The van der Waals surface area contributed by atoms with Gasteiger partial charge in [-0.05, 0) is 31.0 Å². The molecule has 0 spiro atoms. The van der Waals surface area contributed by atoms with Gasteiger partial charge in [-0.1, -0.05) is 58.4 Å². The molecule has 2 nitrogen and oxygen atoms in total. The number of alkyl halides is 1. The molecule has 0 bridgehead atoms. The number of hydrogen-bond acceptors (Lipinski definition) is 1. The maximum absolute atomic E-state index is 12.8. The van der Waals surface area contributed by atoms with Gasteiger partial charge in [0.05, 0.1) is 10.6 Å². The number of carbonyl (C=O) groups is 1. The zero-order chi connectivity index (χ0) is 14.5. The molecule has 1 aliphatic rings. The highest BCUT2D eigenvalue weighted by molar-refractivity contribution is 9.09. The van der Waals surface area contributed by atoms with E-state index in [4.69, 9.17) is 23.2 Å². The minimum atomic E-state index is -0.0103. The van der Waals surface area contributed by atoms with Gasteiger partial charge >= 0.3 is 0 Å². The number of amides is 1. The Hall–Kier alpha value is -0.250. The molecule has 0 N–H and O–H groups in total. The maximum Gasteiger partial charge on any atom is 0.255 e. The Morgan fingerprint density at radius 2 is 1.95 bits per heavy atom. The Labute approximate surface area is 138 Å². The van der Waals surface area contributed by atoms with E-state index in [2.05, 4.69) is 15.9 Å². The van der Waals surface area contributed by atoms with E-state index in [0.717, 1.165) is 18.2 Å². The van der Waals surface area contributed by atoms with Crippen molar-refractivity contribution in [1.29, 1.82) is 0 Å². The summed E-state index contributed by atoms with van der Waals surface area (Å²) in [5.74, 6) is -0.0103. The maximum atomic E-state index is 12.8. The number of benzene rings is 1. The topological polar surface area (TPSA) is 20.3 Å². The molecule has 1 aromatic rings. The molecule has 2 rings (SSSR count). The quantitative estimate of drug-likeness (QED) is 0.662. The van der Waals surface area contributed by atoms with E-state index >= 15 is 0 Å². The van der Waals surface area contributed by atoms with Crippen LogP contribution in [0.3, 0.4) is 0 Å². The Balaban J connectivity index is 2.23. The van der Waals surface area contributed by atoms with Crippen LogP contribution in [0.2, 0.25) is 10.0 Å². The first-order valence-electron chi connectivity index (χ1n) is 6.95. The van der Waals surface area contributed by atoms with Gasteiger partial charge in [-0.3, -0.25) is 4.79 Å². The van der Waals surface area contributed by atoms with Crippen LogP contribution in [0.4, 0.5) is 0 Å². The molecule has 0 atom stereocenters. The molecular weight excluding hydrogens is 361 g/mol. The predicted octanol–water partition coefficient (Wildman–Crippen LogP) is 5.16. The average molecular weight is 379 g/mol. The van der Waals surface area contributed by atoms with Crippen LogP contribution in [-0.2, 0) is 0 Å². The van der Waals surface area contributed by atoms with E-state index in [0.29, 0.717) is 28.2 Å². The van der Waals surface area contributed by atoms with Gasteiger partial charge < -0.3 is 4.90 Å². The number of carbonyl (C=O) groups excluding carboxylic acids is 1. The summed E-state index contributed by atoms with van der Waals surface area (Å²) in [6, 6.07) is 5.38. The smallest absolute Gasteiger partial charge is 0.255 e. The van der Waals surface area contributed by atoms with Crippen LogP contribution >= 0.6 is 39.1 Å². The van der Waals surface area contributed by atoms with E-state index in [1.165, 1.54) is 19.3 Å². The first-order chi connectivity index (χ1) is 9.63. The summed E-state index contributed by atoms with van der Waals surface area (Å²) >= 11 is 15.6. The van der Waals surface area contributed by atoms with Crippen molar-refractivity contribution >= 4 is 45.0 Å². The molecule has 0 unspecified atom stereocenters. The van der Waals surface area contributed by atoms with E-state index < -0.39 is 0 Å². The standard InChI is InChI=1S/C15H18BrCl2NO/c16-8-9-19(12-4-2-1-3-5-12)15(20)13-10-11(17)6-7-14(13)18/h6-7,10,12H,1-5,8-9H2. The highest BCUT2D eigenvalue weighted by Gasteiger charge is 2.27. The van der Waals surface area contributed by atoms with Gasteiger partial charge in [0.25, 0.3) is 5.91 Å². The Kier molecular flexibility index (Phi) is 6.19. The van der Waals surface area contributed by atoms with Crippen molar-refractivity contribution < 1.29 is 4.79 Å². The fourth-order valence-electron chi connectivity index (χ4n) is 2.75. The van der Waals surface area contributed by atoms with Crippen LogP contribution in [0, 0.1) is 0 Å². The predicted molar refractivity (Wildman–Crippen MR) is 88.2 cm³/mol. The highest BCUT2D eigenvalue weighted by atomic mass is 79.9. The zero-order valence-corrected chi connectivity index (χ0v) is 14.3. The van der Waals surface area contributed by atoms with Gasteiger partial charge in [0.15, 0.2) is 0 Å². The van der Waals surface area contributed by atoms with Crippen LogP contribution in [0.15, 0.2) is 18.2 Å². The van der Waals surface area contributed by atoms with Crippen molar-refractivity contribution in [2.75, 3.05) is 11.9 Å². The van der Waals surface area contributed by atoms with Gasteiger partial charge in [0.2, 0.25) is 0 Å². The van der Waals surface area contributed by atoms with E-state index in [1.54, 1.807) is 18.2 Å². The van der Waals surface area contributed by atoms with E-state index in [-0.39, 0.29) is 5.91 Å². The van der Waals surface area contributed by atoms with Crippen LogP contribution in [-0.4, -0.2) is 28.7 Å². The van der Waals surface area contributed by atoms with Gasteiger partial charge in [0, 0.05) is 22.9 Å². The van der Waals surface area contributed by atoms with Crippen LogP contribution in [0.25, 0.3) is 0 Å². The molecule has 0 radical (unpaired) electrons. The molecule has 1 aliphatic carbocycles. The summed E-state index contributed by atoms with van der Waals surface area (Å²) in [6.45, 7) is 0.701. The second-order valence-electron chi connectivity index (χ2n) is 5.10.